The lowest BCUT2D eigenvalue weighted by Crippen LogP contribution is -2.40. The van der Waals surface area contributed by atoms with E-state index >= 15 is 0 Å². The minimum absolute atomic E-state index is 0.0131. The first-order chi connectivity index (χ1) is 10.2. The highest BCUT2D eigenvalue weighted by Crippen LogP contribution is 2.27. The van der Waals surface area contributed by atoms with Crippen LogP contribution in [0.4, 0.5) is 5.69 Å². The molecule has 0 radical (unpaired) electrons. The molecule has 1 aliphatic carbocycles. The Morgan fingerprint density at radius 1 is 1.33 bits per heavy atom. The number of hydrogen-bond donors (Lipinski definition) is 2. The molecule has 110 valence electrons. The van der Waals surface area contributed by atoms with Crippen molar-refractivity contribution in [3.8, 4) is 10.6 Å². The van der Waals surface area contributed by atoms with Gasteiger partial charge in [0.2, 0.25) is 5.91 Å². The van der Waals surface area contributed by atoms with E-state index < -0.39 is 0 Å². The Hall–Kier alpha value is -1.72. The van der Waals surface area contributed by atoms with Crippen LogP contribution in [0.2, 0.25) is 0 Å². The molecule has 2 aromatic rings. The predicted molar refractivity (Wildman–Crippen MR) is 86.1 cm³/mol. The Morgan fingerprint density at radius 2 is 2.19 bits per heavy atom. The van der Waals surface area contributed by atoms with Crippen molar-refractivity contribution in [1.29, 1.82) is 0 Å². The van der Waals surface area contributed by atoms with Crippen LogP contribution in [-0.4, -0.2) is 16.9 Å². The zero-order valence-electron chi connectivity index (χ0n) is 11.8. The summed E-state index contributed by atoms with van der Waals surface area (Å²) in [6.45, 7) is 0. The molecular formula is C16H19N3OS. The molecule has 0 saturated heterocycles. The molecule has 1 saturated carbocycles. The third-order valence-electron chi connectivity index (χ3n) is 3.97. The maximum atomic E-state index is 12.4. The van der Waals surface area contributed by atoms with Gasteiger partial charge < -0.3 is 11.1 Å². The molecule has 1 amide bonds. The molecule has 1 fully saturated rings. The fourth-order valence-corrected chi connectivity index (χ4v) is 3.45. The van der Waals surface area contributed by atoms with Gasteiger partial charge in [0.1, 0.15) is 5.01 Å². The number of benzene rings is 1. The molecule has 1 aliphatic rings. The van der Waals surface area contributed by atoms with Crippen LogP contribution in [-0.2, 0) is 4.79 Å². The zero-order chi connectivity index (χ0) is 14.7. The first-order valence-corrected chi connectivity index (χ1v) is 8.18. The topological polar surface area (TPSA) is 68.0 Å². The summed E-state index contributed by atoms with van der Waals surface area (Å²) in [5.41, 5.74) is 7.91. The van der Waals surface area contributed by atoms with Crippen molar-refractivity contribution in [3.63, 3.8) is 0 Å². The summed E-state index contributed by atoms with van der Waals surface area (Å²) in [6, 6.07) is 7.79. The summed E-state index contributed by atoms with van der Waals surface area (Å²) in [5, 5.41) is 5.91. The Bertz CT molecular complexity index is 612. The fraction of sp³-hybridized carbons (Fsp3) is 0.375. The first kappa shape index (κ1) is 14.2. The number of nitrogens with two attached hydrogens (primary N) is 1. The second-order valence-corrected chi connectivity index (χ2v) is 6.36. The normalized spacial score (nSPS) is 22.0. The summed E-state index contributed by atoms with van der Waals surface area (Å²) >= 11 is 1.59. The van der Waals surface area contributed by atoms with Crippen LogP contribution < -0.4 is 11.1 Å². The maximum absolute atomic E-state index is 12.4. The highest BCUT2D eigenvalue weighted by molar-refractivity contribution is 7.13. The lowest BCUT2D eigenvalue weighted by Gasteiger charge is -2.27. The van der Waals surface area contributed by atoms with E-state index in [4.69, 9.17) is 5.73 Å². The second-order valence-electron chi connectivity index (χ2n) is 5.46. The standard InChI is InChI=1S/C16H19N3OS/c17-14-7-2-1-6-13(14)15(20)19-12-5-3-4-11(10-12)16-18-8-9-21-16/h3-5,8-10,13-14H,1-2,6-7,17H2,(H,19,20). The van der Waals surface area contributed by atoms with Gasteiger partial charge in [-0.25, -0.2) is 4.98 Å². The van der Waals surface area contributed by atoms with E-state index in [2.05, 4.69) is 10.3 Å². The van der Waals surface area contributed by atoms with Gasteiger partial charge in [-0.05, 0) is 25.0 Å². The van der Waals surface area contributed by atoms with E-state index in [1.54, 1.807) is 17.5 Å². The molecule has 0 spiro atoms. The van der Waals surface area contributed by atoms with Crippen molar-refractivity contribution in [2.24, 2.45) is 11.7 Å². The van der Waals surface area contributed by atoms with Crippen LogP contribution in [0.1, 0.15) is 25.7 Å². The van der Waals surface area contributed by atoms with Gasteiger partial charge in [0, 0.05) is 28.9 Å². The number of rotatable bonds is 3. The Balaban J connectivity index is 1.73. The SMILES string of the molecule is NC1CCCCC1C(=O)Nc1cccc(-c2nccs2)c1. The maximum Gasteiger partial charge on any atom is 0.229 e. The van der Waals surface area contributed by atoms with E-state index in [0.29, 0.717) is 0 Å². The van der Waals surface area contributed by atoms with Gasteiger partial charge >= 0.3 is 0 Å². The van der Waals surface area contributed by atoms with Crippen molar-refractivity contribution in [1.82, 2.24) is 4.98 Å². The molecule has 0 bridgehead atoms. The van der Waals surface area contributed by atoms with Crippen molar-refractivity contribution in [3.05, 3.63) is 35.8 Å². The summed E-state index contributed by atoms with van der Waals surface area (Å²) in [4.78, 5) is 16.7. The summed E-state index contributed by atoms with van der Waals surface area (Å²) in [7, 11) is 0. The molecule has 3 rings (SSSR count). The van der Waals surface area contributed by atoms with Crippen LogP contribution in [0.5, 0.6) is 0 Å². The van der Waals surface area contributed by atoms with Gasteiger partial charge in [-0.1, -0.05) is 25.0 Å². The highest BCUT2D eigenvalue weighted by Gasteiger charge is 2.28. The number of nitrogens with zero attached hydrogens (tertiary/aromatic N) is 1. The largest absolute Gasteiger partial charge is 0.327 e. The van der Waals surface area contributed by atoms with E-state index in [0.717, 1.165) is 41.9 Å². The van der Waals surface area contributed by atoms with Gasteiger partial charge in [-0.15, -0.1) is 11.3 Å². The zero-order valence-corrected chi connectivity index (χ0v) is 12.6. The van der Waals surface area contributed by atoms with E-state index in [-0.39, 0.29) is 17.9 Å². The molecule has 2 unspecified atom stereocenters. The number of amides is 1. The van der Waals surface area contributed by atoms with Crippen LogP contribution in [0, 0.1) is 5.92 Å². The first-order valence-electron chi connectivity index (χ1n) is 7.30. The van der Waals surface area contributed by atoms with Gasteiger partial charge in [0.25, 0.3) is 0 Å². The Kier molecular flexibility index (Phi) is 4.31. The van der Waals surface area contributed by atoms with Crippen molar-refractivity contribution in [2.75, 3.05) is 5.32 Å². The highest BCUT2D eigenvalue weighted by atomic mass is 32.1. The van der Waals surface area contributed by atoms with Crippen LogP contribution in [0.3, 0.4) is 0 Å². The molecule has 1 aromatic carbocycles. The number of anilines is 1. The number of hydrogen-bond acceptors (Lipinski definition) is 4. The van der Waals surface area contributed by atoms with Crippen molar-refractivity contribution in [2.45, 2.75) is 31.7 Å². The third kappa shape index (κ3) is 3.31. The lowest BCUT2D eigenvalue weighted by atomic mass is 9.84. The van der Waals surface area contributed by atoms with Gasteiger partial charge in [0.05, 0.1) is 5.92 Å². The number of carbonyl (C=O) groups is 1. The quantitative estimate of drug-likeness (QED) is 0.914. The second kappa shape index (κ2) is 6.37. The van der Waals surface area contributed by atoms with Gasteiger partial charge in [0.15, 0.2) is 0 Å². The predicted octanol–water partition coefficient (Wildman–Crippen LogP) is 3.27. The Labute approximate surface area is 128 Å². The van der Waals surface area contributed by atoms with Crippen molar-refractivity contribution < 1.29 is 4.79 Å². The fourth-order valence-electron chi connectivity index (χ4n) is 2.82. The van der Waals surface area contributed by atoms with E-state index in [1.165, 1.54) is 0 Å². The molecule has 3 N–H and O–H groups in total. The Morgan fingerprint density at radius 3 is 2.95 bits per heavy atom. The van der Waals surface area contributed by atoms with Crippen LogP contribution in [0.25, 0.3) is 10.6 Å². The molecule has 4 nitrogen and oxygen atoms in total. The van der Waals surface area contributed by atoms with Crippen LogP contribution >= 0.6 is 11.3 Å². The minimum Gasteiger partial charge on any atom is -0.327 e. The summed E-state index contributed by atoms with van der Waals surface area (Å²) in [6.07, 6.45) is 5.83. The van der Waals surface area contributed by atoms with Crippen LogP contribution in [0.15, 0.2) is 35.8 Å². The number of thiazole rings is 1. The van der Waals surface area contributed by atoms with E-state index in [9.17, 15) is 4.79 Å². The summed E-state index contributed by atoms with van der Waals surface area (Å²) < 4.78 is 0. The van der Waals surface area contributed by atoms with Gasteiger partial charge in [-0.2, -0.15) is 0 Å². The molecule has 21 heavy (non-hydrogen) atoms. The average Bonchev–Trinajstić information content (AvgIpc) is 3.02. The van der Waals surface area contributed by atoms with E-state index in [1.807, 2.05) is 29.6 Å². The monoisotopic (exact) mass is 301 g/mol. The third-order valence-corrected chi connectivity index (χ3v) is 4.79. The van der Waals surface area contributed by atoms with Gasteiger partial charge in [-0.3, -0.25) is 4.79 Å². The molecule has 1 aromatic heterocycles. The molecule has 5 heteroatoms. The molecule has 2 atom stereocenters. The molecular weight excluding hydrogens is 282 g/mol. The molecule has 0 aliphatic heterocycles. The smallest absolute Gasteiger partial charge is 0.229 e. The number of carbonyl (C=O) groups excluding carboxylic acids is 1. The number of nitrogens with one attached hydrogen (secondary N) is 1. The average molecular weight is 301 g/mol. The number of aromatic nitrogens is 1. The van der Waals surface area contributed by atoms with Crippen molar-refractivity contribution >= 4 is 22.9 Å². The molecule has 1 heterocycles. The summed E-state index contributed by atoms with van der Waals surface area (Å²) in [5.74, 6) is -0.0271. The minimum atomic E-state index is -0.0673. The lowest BCUT2D eigenvalue weighted by molar-refractivity contribution is -0.121.